The van der Waals surface area contributed by atoms with Crippen molar-refractivity contribution < 1.29 is 14.7 Å². The Morgan fingerprint density at radius 2 is 2.09 bits per heavy atom. The van der Waals surface area contributed by atoms with Crippen molar-refractivity contribution in [2.75, 3.05) is 13.1 Å². The Bertz CT molecular complexity index is 762. The average Bonchev–Trinajstić information content (AvgIpc) is 2.80. The summed E-state index contributed by atoms with van der Waals surface area (Å²) in [6.07, 6.45) is 1.64. The van der Waals surface area contributed by atoms with Gasteiger partial charge in [-0.1, -0.05) is 19.9 Å². The van der Waals surface area contributed by atoms with Crippen LogP contribution in [0.3, 0.4) is 0 Å². The predicted octanol–water partition coefficient (Wildman–Crippen LogP) is 0.455. The highest BCUT2D eigenvalue weighted by molar-refractivity contribution is 5.81. The number of carbonyl (C=O) groups is 2. The molecule has 2 heterocycles. The summed E-state index contributed by atoms with van der Waals surface area (Å²) in [5.74, 6) is -1.19. The van der Waals surface area contributed by atoms with Crippen molar-refractivity contribution in [3.05, 3.63) is 34.9 Å². The lowest BCUT2D eigenvalue weighted by Gasteiger charge is -2.22. The van der Waals surface area contributed by atoms with E-state index in [1.54, 1.807) is 24.4 Å². The second-order valence-corrected chi connectivity index (χ2v) is 5.75. The van der Waals surface area contributed by atoms with E-state index in [1.165, 1.54) is 14.0 Å². The van der Waals surface area contributed by atoms with Gasteiger partial charge in [0.1, 0.15) is 6.54 Å². The Hall–Kier alpha value is -2.64. The zero-order valence-corrected chi connectivity index (χ0v) is 13.2. The van der Waals surface area contributed by atoms with E-state index in [2.05, 4.69) is 5.10 Å². The molecule has 8 nitrogen and oxygen atoms in total. The third-order valence-corrected chi connectivity index (χ3v) is 3.29. The summed E-state index contributed by atoms with van der Waals surface area (Å²) in [7, 11) is 0. The fourth-order valence-electron chi connectivity index (χ4n) is 2.33. The van der Waals surface area contributed by atoms with E-state index >= 15 is 0 Å². The lowest BCUT2D eigenvalue weighted by atomic mass is 10.2. The second-order valence-electron chi connectivity index (χ2n) is 5.75. The van der Waals surface area contributed by atoms with Crippen LogP contribution in [0.25, 0.3) is 5.65 Å². The zero-order chi connectivity index (χ0) is 17.0. The number of hydrogen-bond donors (Lipinski definition) is 1. The predicted molar refractivity (Wildman–Crippen MR) is 83.1 cm³/mol. The Kier molecular flexibility index (Phi) is 5.15. The number of amides is 1. The minimum Gasteiger partial charge on any atom is -0.480 e. The molecule has 124 valence electrons. The van der Waals surface area contributed by atoms with Crippen molar-refractivity contribution in [2.45, 2.75) is 26.8 Å². The molecule has 8 heteroatoms. The molecule has 0 fully saturated rings. The van der Waals surface area contributed by atoms with E-state index in [1.807, 2.05) is 13.8 Å². The molecule has 1 N–H and O–H groups in total. The maximum Gasteiger partial charge on any atom is 0.350 e. The van der Waals surface area contributed by atoms with Gasteiger partial charge < -0.3 is 10.0 Å². The van der Waals surface area contributed by atoms with Gasteiger partial charge >= 0.3 is 11.7 Å². The molecule has 0 aliphatic rings. The van der Waals surface area contributed by atoms with Gasteiger partial charge in [-0.25, -0.2) is 9.48 Å². The Morgan fingerprint density at radius 3 is 2.70 bits per heavy atom. The molecule has 23 heavy (non-hydrogen) atoms. The van der Waals surface area contributed by atoms with E-state index < -0.39 is 5.97 Å². The fraction of sp³-hybridized carbons (Fsp3) is 0.467. The van der Waals surface area contributed by atoms with Crippen LogP contribution in [0.5, 0.6) is 0 Å². The monoisotopic (exact) mass is 320 g/mol. The summed E-state index contributed by atoms with van der Waals surface area (Å²) in [6, 6.07) is 5.20. The number of carboxylic acid groups (broad SMARTS) is 1. The second kappa shape index (κ2) is 7.08. The van der Waals surface area contributed by atoms with E-state index in [0.29, 0.717) is 12.2 Å². The van der Waals surface area contributed by atoms with Gasteiger partial charge in [-0.3, -0.25) is 14.0 Å². The first-order valence-electron chi connectivity index (χ1n) is 7.42. The van der Waals surface area contributed by atoms with E-state index in [-0.39, 0.29) is 37.0 Å². The molecule has 1 amide bonds. The fourth-order valence-corrected chi connectivity index (χ4v) is 2.33. The molecule has 0 saturated heterocycles. The highest BCUT2D eigenvalue weighted by Gasteiger charge is 2.18. The summed E-state index contributed by atoms with van der Waals surface area (Å²) in [6.45, 7) is 3.97. The smallest absolute Gasteiger partial charge is 0.350 e. The first kappa shape index (κ1) is 16.7. The molecule has 2 aromatic rings. The highest BCUT2D eigenvalue weighted by atomic mass is 16.4. The average molecular weight is 320 g/mol. The van der Waals surface area contributed by atoms with Gasteiger partial charge in [0, 0.05) is 19.2 Å². The van der Waals surface area contributed by atoms with Crippen LogP contribution >= 0.6 is 0 Å². The summed E-state index contributed by atoms with van der Waals surface area (Å²) in [5.41, 5.74) is 0.191. The number of pyridine rings is 1. The molecule has 0 aliphatic heterocycles. The lowest BCUT2D eigenvalue weighted by molar-refractivity contribution is -0.144. The number of aromatic nitrogens is 3. The van der Waals surface area contributed by atoms with Crippen LogP contribution in [0.2, 0.25) is 0 Å². The van der Waals surface area contributed by atoms with Crippen molar-refractivity contribution in [2.24, 2.45) is 5.92 Å². The minimum absolute atomic E-state index is 0.0315. The molecule has 0 bridgehead atoms. The topological polar surface area (TPSA) is 96.9 Å². The Morgan fingerprint density at radius 1 is 1.35 bits per heavy atom. The first-order valence-corrected chi connectivity index (χ1v) is 7.42. The van der Waals surface area contributed by atoms with Crippen LogP contribution in [0.4, 0.5) is 0 Å². The number of nitrogens with zero attached hydrogens (tertiary/aromatic N) is 4. The first-order chi connectivity index (χ1) is 10.9. The number of aryl methyl sites for hydroxylation is 1. The Balaban J connectivity index is 2.07. The SMILES string of the molecule is CC(C)CN(CC(=O)O)C(=O)CCn1nc2ccccn2c1=O. The van der Waals surface area contributed by atoms with Crippen molar-refractivity contribution in [3.63, 3.8) is 0 Å². The number of rotatable bonds is 7. The van der Waals surface area contributed by atoms with Crippen molar-refractivity contribution in [1.29, 1.82) is 0 Å². The van der Waals surface area contributed by atoms with Crippen LogP contribution in [-0.2, 0) is 16.1 Å². The number of carboxylic acids is 1. The van der Waals surface area contributed by atoms with Crippen LogP contribution in [-0.4, -0.2) is 49.2 Å². The van der Waals surface area contributed by atoms with Gasteiger partial charge in [0.05, 0.1) is 6.54 Å². The number of aliphatic carboxylic acids is 1. The highest BCUT2D eigenvalue weighted by Crippen LogP contribution is 2.03. The van der Waals surface area contributed by atoms with Crippen molar-refractivity contribution in [3.8, 4) is 0 Å². The molecule has 0 aromatic carbocycles. The van der Waals surface area contributed by atoms with E-state index in [9.17, 15) is 14.4 Å². The van der Waals surface area contributed by atoms with Crippen LogP contribution in [0.15, 0.2) is 29.2 Å². The molecular weight excluding hydrogens is 300 g/mol. The number of carbonyl (C=O) groups excluding carboxylic acids is 1. The molecule has 2 aromatic heterocycles. The van der Waals surface area contributed by atoms with Crippen LogP contribution < -0.4 is 5.69 Å². The minimum atomic E-state index is -1.05. The van der Waals surface area contributed by atoms with Crippen molar-refractivity contribution >= 4 is 17.5 Å². The van der Waals surface area contributed by atoms with E-state index in [0.717, 1.165) is 0 Å². The van der Waals surface area contributed by atoms with Crippen LogP contribution in [0.1, 0.15) is 20.3 Å². The Labute approximate surface area is 132 Å². The quantitative estimate of drug-likeness (QED) is 0.799. The molecule has 0 radical (unpaired) electrons. The maximum absolute atomic E-state index is 12.2. The maximum atomic E-state index is 12.2. The van der Waals surface area contributed by atoms with Gasteiger partial charge in [-0.2, -0.15) is 0 Å². The number of fused-ring (bicyclic) bond motifs is 1. The van der Waals surface area contributed by atoms with Gasteiger partial charge in [0.25, 0.3) is 0 Å². The molecule has 0 saturated carbocycles. The third kappa shape index (κ3) is 4.18. The zero-order valence-electron chi connectivity index (χ0n) is 13.2. The number of hydrogen-bond acceptors (Lipinski definition) is 4. The molecular formula is C15H20N4O4. The van der Waals surface area contributed by atoms with Gasteiger partial charge in [0.2, 0.25) is 5.91 Å². The third-order valence-electron chi connectivity index (χ3n) is 3.29. The summed E-state index contributed by atoms with van der Waals surface area (Å²) in [5, 5.41) is 13.1. The van der Waals surface area contributed by atoms with Gasteiger partial charge in [-0.05, 0) is 18.1 Å². The molecule has 0 unspecified atom stereocenters. The van der Waals surface area contributed by atoms with Gasteiger partial charge in [-0.15, -0.1) is 5.10 Å². The standard InChI is InChI=1S/C15H20N4O4/c1-11(2)9-17(10-14(21)22)13(20)6-8-19-15(23)18-7-4-3-5-12(18)16-19/h3-5,7,11H,6,8-10H2,1-2H3,(H,21,22). The normalized spacial score (nSPS) is 11.1. The molecule has 0 atom stereocenters. The van der Waals surface area contributed by atoms with Crippen LogP contribution in [0, 0.1) is 5.92 Å². The van der Waals surface area contributed by atoms with Crippen molar-refractivity contribution in [1.82, 2.24) is 19.1 Å². The summed E-state index contributed by atoms with van der Waals surface area (Å²) in [4.78, 5) is 36.5. The summed E-state index contributed by atoms with van der Waals surface area (Å²) >= 11 is 0. The molecule has 2 rings (SSSR count). The molecule has 0 aliphatic carbocycles. The van der Waals surface area contributed by atoms with E-state index in [4.69, 9.17) is 5.11 Å². The summed E-state index contributed by atoms with van der Waals surface area (Å²) < 4.78 is 2.62. The largest absolute Gasteiger partial charge is 0.480 e. The molecule has 0 spiro atoms. The van der Waals surface area contributed by atoms with Gasteiger partial charge in [0.15, 0.2) is 5.65 Å². The lowest BCUT2D eigenvalue weighted by Crippen LogP contribution is -2.39.